The smallest absolute Gasteiger partial charge is 0.191 e. The molecule has 0 aromatic heterocycles. The minimum Gasteiger partial charge on any atom is -0.377 e. The summed E-state index contributed by atoms with van der Waals surface area (Å²) in [5.41, 5.74) is 0.216. The van der Waals surface area contributed by atoms with Crippen molar-refractivity contribution in [3.8, 4) is 0 Å². The molecular weight excluding hydrogens is 226 g/mol. The first-order valence-electron chi connectivity index (χ1n) is 7.15. The van der Waals surface area contributed by atoms with Crippen LogP contribution in [0.1, 0.15) is 33.6 Å². The van der Waals surface area contributed by atoms with Crippen molar-refractivity contribution in [2.45, 2.75) is 51.8 Å². The molecule has 0 spiro atoms. The number of ether oxygens (including phenoxy) is 1. The number of nitrogens with zero attached hydrogens (tertiary/aromatic N) is 1. The van der Waals surface area contributed by atoms with Crippen molar-refractivity contribution in [1.82, 2.24) is 10.6 Å². The molecule has 3 fully saturated rings. The molecule has 1 aliphatic heterocycles. The van der Waals surface area contributed by atoms with E-state index in [4.69, 9.17) is 4.74 Å². The maximum Gasteiger partial charge on any atom is 0.191 e. The topological polar surface area (TPSA) is 45.7 Å². The molecule has 0 radical (unpaired) electrons. The zero-order chi connectivity index (χ0) is 12.9. The minimum absolute atomic E-state index is 0.216. The van der Waals surface area contributed by atoms with Gasteiger partial charge in [-0.15, -0.1) is 0 Å². The highest BCUT2D eigenvalue weighted by atomic mass is 16.5. The molecule has 4 nitrogen and oxygen atoms in total. The van der Waals surface area contributed by atoms with Crippen LogP contribution in [0, 0.1) is 17.3 Å². The third-order valence-corrected chi connectivity index (χ3v) is 5.05. The Balaban J connectivity index is 1.61. The normalized spacial score (nSPS) is 45.1. The van der Waals surface area contributed by atoms with Crippen molar-refractivity contribution in [1.29, 1.82) is 0 Å². The summed E-state index contributed by atoms with van der Waals surface area (Å²) in [5, 5.41) is 7.12. The molecular formula is C14H25N3O. The van der Waals surface area contributed by atoms with Crippen LogP contribution < -0.4 is 10.6 Å². The van der Waals surface area contributed by atoms with Crippen LogP contribution in [0.5, 0.6) is 0 Å². The standard InChI is InChI=1S/C14H25N3O/c1-8-7-10(8)16-13(15-4)17-11-9-5-6-18-12(9)14(11,2)3/h8-12H,5-7H2,1-4H3,(H2,15,16,17). The molecule has 3 rings (SSSR count). The van der Waals surface area contributed by atoms with E-state index in [1.165, 1.54) is 12.8 Å². The Labute approximate surface area is 110 Å². The highest BCUT2D eigenvalue weighted by molar-refractivity contribution is 5.81. The number of hydrogen-bond donors (Lipinski definition) is 2. The summed E-state index contributed by atoms with van der Waals surface area (Å²) >= 11 is 0. The van der Waals surface area contributed by atoms with Gasteiger partial charge in [0.2, 0.25) is 0 Å². The van der Waals surface area contributed by atoms with Gasteiger partial charge in [-0.25, -0.2) is 0 Å². The van der Waals surface area contributed by atoms with Crippen LogP contribution in [0.15, 0.2) is 4.99 Å². The second-order valence-corrected chi connectivity index (χ2v) is 6.72. The first kappa shape index (κ1) is 12.3. The van der Waals surface area contributed by atoms with Gasteiger partial charge in [-0.05, 0) is 18.8 Å². The summed E-state index contributed by atoms with van der Waals surface area (Å²) in [6, 6.07) is 1.11. The van der Waals surface area contributed by atoms with Crippen molar-refractivity contribution < 1.29 is 4.74 Å². The Hall–Kier alpha value is -0.770. The lowest BCUT2D eigenvalue weighted by molar-refractivity contribution is -0.106. The Morgan fingerprint density at radius 3 is 2.67 bits per heavy atom. The summed E-state index contributed by atoms with van der Waals surface area (Å²) < 4.78 is 5.82. The molecule has 2 aliphatic carbocycles. The van der Waals surface area contributed by atoms with Gasteiger partial charge < -0.3 is 15.4 Å². The molecule has 1 saturated heterocycles. The van der Waals surface area contributed by atoms with E-state index in [9.17, 15) is 0 Å². The molecule has 2 saturated carbocycles. The van der Waals surface area contributed by atoms with E-state index in [0.29, 0.717) is 24.1 Å². The summed E-state index contributed by atoms with van der Waals surface area (Å²) in [6.07, 6.45) is 2.89. The lowest BCUT2D eigenvalue weighted by Crippen LogP contribution is -2.68. The third-order valence-electron chi connectivity index (χ3n) is 5.05. The van der Waals surface area contributed by atoms with Crippen molar-refractivity contribution >= 4 is 5.96 Å². The molecule has 0 amide bonds. The number of hydrogen-bond acceptors (Lipinski definition) is 2. The molecule has 0 aromatic carbocycles. The van der Waals surface area contributed by atoms with Gasteiger partial charge in [-0.1, -0.05) is 20.8 Å². The number of rotatable bonds is 2. The summed E-state index contributed by atoms with van der Waals surface area (Å²) in [7, 11) is 1.86. The lowest BCUT2D eigenvalue weighted by atomic mass is 9.57. The van der Waals surface area contributed by atoms with Crippen LogP contribution in [0.4, 0.5) is 0 Å². The fourth-order valence-electron chi connectivity index (χ4n) is 3.63. The minimum atomic E-state index is 0.216. The van der Waals surface area contributed by atoms with E-state index < -0.39 is 0 Å². The second-order valence-electron chi connectivity index (χ2n) is 6.72. The highest BCUT2D eigenvalue weighted by Gasteiger charge is 2.59. The fourth-order valence-corrected chi connectivity index (χ4v) is 3.63. The van der Waals surface area contributed by atoms with E-state index >= 15 is 0 Å². The summed E-state index contributed by atoms with van der Waals surface area (Å²) in [4.78, 5) is 4.36. The van der Waals surface area contributed by atoms with Gasteiger partial charge in [-0.2, -0.15) is 0 Å². The van der Waals surface area contributed by atoms with Gasteiger partial charge in [0.05, 0.1) is 6.10 Å². The van der Waals surface area contributed by atoms with Crippen LogP contribution in [-0.2, 0) is 4.74 Å². The molecule has 0 bridgehead atoms. The molecule has 0 aromatic rings. The maximum absolute atomic E-state index is 5.82. The monoisotopic (exact) mass is 251 g/mol. The first-order valence-corrected chi connectivity index (χ1v) is 7.15. The molecule has 5 unspecified atom stereocenters. The van der Waals surface area contributed by atoms with Gasteiger partial charge in [-0.3, -0.25) is 4.99 Å². The molecule has 2 N–H and O–H groups in total. The van der Waals surface area contributed by atoms with E-state index in [0.717, 1.165) is 18.5 Å². The van der Waals surface area contributed by atoms with Crippen molar-refractivity contribution in [3.05, 3.63) is 0 Å². The van der Waals surface area contributed by atoms with Gasteiger partial charge in [0.25, 0.3) is 0 Å². The van der Waals surface area contributed by atoms with E-state index in [1.807, 2.05) is 7.05 Å². The average Bonchev–Trinajstić information content (AvgIpc) is 2.85. The van der Waals surface area contributed by atoms with Crippen LogP contribution >= 0.6 is 0 Å². The van der Waals surface area contributed by atoms with E-state index in [-0.39, 0.29) is 5.41 Å². The zero-order valence-corrected chi connectivity index (χ0v) is 11.9. The fraction of sp³-hybridized carbons (Fsp3) is 0.929. The predicted octanol–water partition coefficient (Wildman–Crippen LogP) is 1.37. The molecule has 4 heteroatoms. The Morgan fingerprint density at radius 1 is 1.33 bits per heavy atom. The predicted molar refractivity (Wildman–Crippen MR) is 72.6 cm³/mol. The molecule has 3 aliphatic rings. The summed E-state index contributed by atoms with van der Waals surface area (Å²) in [5.74, 6) is 2.42. The number of fused-ring (bicyclic) bond motifs is 1. The molecule has 102 valence electrons. The second kappa shape index (κ2) is 4.12. The van der Waals surface area contributed by atoms with Crippen molar-refractivity contribution in [2.75, 3.05) is 13.7 Å². The zero-order valence-electron chi connectivity index (χ0n) is 11.9. The molecule has 5 atom stereocenters. The average molecular weight is 251 g/mol. The largest absolute Gasteiger partial charge is 0.377 e. The number of nitrogens with one attached hydrogen (secondary N) is 2. The van der Waals surface area contributed by atoms with Crippen LogP contribution in [0.3, 0.4) is 0 Å². The Kier molecular flexibility index (Phi) is 2.81. The Morgan fingerprint density at radius 2 is 2.06 bits per heavy atom. The van der Waals surface area contributed by atoms with Crippen LogP contribution in [-0.4, -0.2) is 37.8 Å². The van der Waals surface area contributed by atoms with Crippen LogP contribution in [0.25, 0.3) is 0 Å². The Bertz CT molecular complexity index is 366. The quantitative estimate of drug-likeness (QED) is 0.575. The van der Waals surface area contributed by atoms with Crippen LogP contribution in [0.2, 0.25) is 0 Å². The lowest BCUT2D eigenvalue weighted by Gasteiger charge is -2.54. The number of aliphatic imine (C=N–C) groups is 1. The van der Waals surface area contributed by atoms with Gasteiger partial charge in [0, 0.05) is 37.1 Å². The van der Waals surface area contributed by atoms with Gasteiger partial charge in [0.1, 0.15) is 0 Å². The van der Waals surface area contributed by atoms with Gasteiger partial charge >= 0.3 is 0 Å². The van der Waals surface area contributed by atoms with Crippen molar-refractivity contribution in [2.24, 2.45) is 22.2 Å². The van der Waals surface area contributed by atoms with Gasteiger partial charge in [0.15, 0.2) is 5.96 Å². The maximum atomic E-state index is 5.82. The summed E-state index contributed by atoms with van der Waals surface area (Å²) in [6.45, 7) is 7.79. The number of guanidine groups is 1. The molecule has 1 heterocycles. The van der Waals surface area contributed by atoms with E-state index in [2.05, 4.69) is 36.4 Å². The SMILES string of the molecule is CN=C(NC1CC1C)NC1C2CCOC2C1(C)C. The van der Waals surface area contributed by atoms with E-state index in [1.54, 1.807) is 0 Å². The van der Waals surface area contributed by atoms with Crippen molar-refractivity contribution in [3.63, 3.8) is 0 Å². The molecule has 18 heavy (non-hydrogen) atoms. The first-order chi connectivity index (χ1) is 8.54. The highest BCUT2D eigenvalue weighted by Crippen LogP contribution is 2.52. The third kappa shape index (κ3) is 1.81.